The number of benzene rings is 2. The molecule has 0 aliphatic heterocycles. The zero-order chi connectivity index (χ0) is 21.2. The van der Waals surface area contributed by atoms with Crippen LogP contribution in [0.1, 0.15) is 62.4 Å². The Hall–Kier alpha value is -3.23. The van der Waals surface area contributed by atoms with E-state index in [2.05, 4.69) is 0 Å². The molecule has 0 heterocycles. The number of phenolic OH excluding ortho intramolecular Hbond substituents is 2. The maximum Gasteiger partial charge on any atom is 0.202 e. The van der Waals surface area contributed by atoms with Gasteiger partial charge in [0.2, 0.25) is 5.78 Å². The molecule has 2 aliphatic rings. The lowest BCUT2D eigenvalue weighted by Gasteiger charge is -2.36. The van der Waals surface area contributed by atoms with Crippen molar-refractivity contribution in [1.29, 1.82) is 0 Å². The van der Waals surface area contributed by atoms with Crippen molar-refractivity contribution in [3.05, 3.63) is 58.0 Å². The van der Waals surface area contributed by atoms with E-state index in [1.54, 1.807) is 0 Å². The van der Waals surface area contributed by atoms with Gasteiger partial charge >= 0.3 is 0 Å². The summed E-state index contributed by atoms with van der Waals surface area (Å²) in [6.07, 6.45) is -1.03. The monoisotopic (exact) mass is 397 g/mol. The Morgan fingerprint density at radius 3 is 2.38 bits per heavy atom. The zero-order valence-corrected chi connectivity index (χ0v) is 15.5. The molecule has 2 atom stereocenters. The first kappa shape index (κ1) is 19.1. The van der Waals surface area contributed by atoms with Crippen LogP contribution in [0.4, 0.5) is 0 Å². The predicted molar refractivity (Wildman–Crippen MR) is 98.2 cm³/mol. The second kappa shape index (κ2) is 6.13. The lowest BCUT2D eigenvalue weighted by atomic mass is 9.72. The van der Waals surface area contributed by atoms with Crippen LogP contribution in [0, 0.1) is 6.42 Å². The van der Waals surface area contributed by atoms with Crippen molar-refractivity contribution in [3.63, 3.8) is 0 Å². The number of ether oxygens (including phenoxy) is 1. The quantitative estimate of drug-likeness (QED) is 0.473. The van der Waals surface area contributed by atoms with Crippen LogP contribution >= 0.6 is 0 Å². The molecule has 0 spiro atoms. The van der Waals surface area contributed by atoms with Crippen molar-refractivity contribution in [2.24, 2.45) is 0 Å². The highest BCUT2D eigenvalue weighted by atomic mass is 16.5. The van der Waals surface area contributed by atoms with Gasteiger partial charge in [-0.05, 0) is 13.0 Å². The van der Waals surface area contributed by atoms with Gasteiger partial charge in [0.15, 0.2) is 11.6 Å². The van der Waals surface area contributed by atoms with Crippen LogP contribution in [0.5, 0.6) is 17.2 Å². The molecule has 0 bridgehead atoms. The molecule has 8 heteroatoms. The van der Waals surface area contributed by atoms with Crippen LogP contribution in [-0.2, 0) is 4.79 Å². The Kier molecular flexibility index (Phi) is 4.04. The van der Waals surface area contributed by atoms with Crippen molar-refractivity contribution >= 4 is 17.3 Å². The van der Waals surface area contributed by atoms with Gasteiger partial charge in [0.05, 0.1) is 29.9 Å². The summed E-state index contributed by atoms with van der Waals surface area (Å²) in [7, 11) is 1.33. The van der Waals surface area contributed by atoms with E-state index in [1.165, 1.54) is 25.3 Å². The van der Waals surface area contributed by atoms with Gasteiger partial charge in [-0.25, -0.2) is 0 Å². The van der Waals surface area contributed by atoms with Gasteiger partial charge < -0.3 is 25.2 Å². The number of ketones is 3. The standard InChI is InChI=1S/C21H17O8/c1-8(22)21(28)6-10-13(11(23)7-21)19(26)16-15(18(10)25)17(24)9-4-3-5-12(29-2)14(9)20(16)27/h3-6,11,23,25-26,28H,7H2,1-2H3/t11-,21-/m0/s1. The third-order valence-corrected chi connectivity index (χ3v) is 5.53. The fourth-order valence-electron chi connectivity index (χ4n) is 4.01. The maximum atomic E-state index is 13.1. The molecule has 29 heavy (non-hydrogen) atoms. The lowest BCUT2D eigenvalue weighted by molar-refractivity contribution is -0.135. The van der Waals surface area contributed by atoms with E-state index in [0.717, 1.165) is 13.3 Å². The number of hydrogen-bond acceptors (Lipinski definition) is 8. The SMILES string of the molecule is COc1cccc2c1C(=O)c1c(O)c3c(c(O)c1C2=O)[CH][C@@](O)(C(C)=O)C[C@@H]3O. The number of fused-ring (bicyclic) bond motifs is 3. The topological polar surface area (TPSA) is 141 Å². The van der Waals surface area contributed by atoms with Gasteiger partial charge in [-0.3, -0.25) is 14.4 Å². The molecule has 2 aromatic carbocycles. The van der Waals surface area contributed by atoms with E-state index >= 15 is 0 Å². The molecular formula is C21H17O8. The zero-order valence-electron chi connectivity index (χ0n) is 15.5. The average Bonchev–Trinajstić information content (AvgIpc) is 2.67. The fourth-order valence-corrected chi connectivity index (χ4v) is 4.01. The molecule has 2 aliphatic carbocycles. The minimum atomic E-state index is -2.09. The number of Topliss-reactive ketones (excluding diaryl/α,β-unsaturated/α-hetero) is 1. The Morgan fingerprint density at radius 2 is 1.76 bits per heavy atom. The van der Waals surface area contributed by atoms with Crippen molar-refractivity contribution in [2.45, 2.75) is 25.0 Å². The van der Waals surface area contributed by atoms with Gasteiger partial charge in [0.25, 0.3) is 0 Å². The summed E-state index contributed by atoms with van der Waals surface area (Å²) in [5, 5.41) is 42.6. The highest BCUT2D eigenvalue weighted by Crippen LogP contribution is 2.51. The molecule has 0 fully saturated rings. The van der Waals surface area contributed by atoms with E-state index in [-0.39, 0.29) is 28.0 Å². The van der Waals surface area contributed by atoms with Gasteiger partial charge in [-0.2, -0.15) is 0 Å². The summed E-state index contributed by atoms with van der Waals surface area (Å²) < 4.78 is 5.16. The van der Waals surface area contributed by atoms with Crippen LogP contribution in [0.2, 0.25) is 0 Å². The molecule has 0 amide bonds. The van der Waals surface area contributed by atoms with Crippen LogP contribution < -0.4 is 4.74 Å². The molecule has 1 radical (unpaired) electrons. The summed E-state index contributed by atoms with van der Waals surface area (Å²) in [5.41, 5.74) is -3.57. The van der Waals surface area contributed by atoms with Crippen molar-refractivity contribution in [2.75, 3.05) is 7.11 Å². The smallest absolute Gasteiger partial charge is 0.202 e. The van der Waals surface area contributed by atoms with E-state index in [9.17, 15) is 34.8 Å². The molecule has 0 unspecified atom stereocenters. The second-order valence-electron chi connectivity index (χ2n) is 7.16. The molecule has 0 saturated heterocycles. The van der Waals surface area contributed by atoms with E-state index in [1.807, 2.05) is 0 Å². The van der Waals surface area contributed by atoms with Crippen LogP contribution in [0.25, 0.3) is 0 Å². The highest BCUT2D eigenvalue weighted by Gasteiger charge is 2.47. The van der Waals surface area contributed by atoms with Gasteiger partial charge in [-0.1, -0.05) is 12.1 Å². The minimum absolute atomic E-state index is 0.0188. The predicted octanol–water partition coefficient (Wildman–Crippen LogP) is 1.19. The van der Waals surface area contributed by atoms with E-state index in [4.69, 9.17) is 4.74 Å². The van der Waals surface area contributed by atoms with Crippen molar-refractivity contribution < 1.29 is 39.5 Å². The number of aliphatic hydroxyl groups excluding tert-OH is 1. The number of phenols is 2. The molecule has 0 aromatic heterocycles. The summed E-state index contributed by atoms with van der Waals surface area (Å²) in [6, 6.07) is 4.38. The molecule has 0 saturated carbocycles. The maximum absolute atomic E-state index is 13.1. The molecule has 2 aromatic rings. The van der Waals surface area contributed by atoms with Crippen molar-refractivity contribution in [3.8, 4) is 17.2 Å². The Morgan fingerprint density at radius 1 is 1.10 bits per heavy atom. The Bertz CT molecular complexity index is 1120. The highest BCUT2D eigenvalue weighted by molar-refractivity contribution is 6.31. The number of rotatable bonds is 2. The molecule has 4 rings (SSSR count). The first-order valence-electron chi connectivity index (χ1n) is 8.78. The summed E-state index contributed by atoms with van der Waals surface area (Å²) >= 11 is 0. The molecular weight excluding hydrogens is 380 g/mol. The van der Waals surface area contributed by atoms with Crippen LogP contribution in [0.3, 0.4) is 0 Å². The van der Waals surface area contributed by atoms with E-state index in [0.29, 0.717) is 0 Å². The number of aromatic hydroxyl groups is 2. The number of aliphatic hydroxyl groups is 2. The third-order valence-electron chi connectivity index (χ3n) is 5.53. The first-order valence-corrected chi connectivity index (χ1v) is 8.78. The summed E-state index contributed by atoms with van der Waals surface area (Å²) in [5.74, 6) is -3.42. The second-order valence-corrected chi connectivity index (χ2v) is 7.16. The summed E-state index contributed by atoms with van der Waals surface area (Å²) in [4.78, 5) is 38.0. The third kappa shape index (κ3) is 2.43. The van der Waals surface area contributed by atoms with Crippen LogP contribution in [0.15, 0.2) is 18.2 Å². The number of carbonyl (C=O) groups is 3. The Balaban J connectivity index is 2.04. The lowest BCUT2D eigenvalue weighted by Crippen LogP contribution is -2.43. The van der Waals surface area contributed by atoms with E-state index < -0.39 is 58.1 Å². The average molecular weight is 397 g/mol. The first-order chi connectivity index (χ1) is 13.6. The molecule has 149 valence electrons. The summed E-state index contributed by atoms with van der Waals surface area (Å²) in [6.45, 7) is 1.11. The number of carbonyl (C=O) groups excluding carboxylic acids is 3. The molecule has 8 nitrogen and oxygen atoms in total. The van der Waals surface area contributed by atoms with Gasteiger partial charge in [-0.15, -0.1) is 0 Å². The number of methoxy groups -OCH3 is 1. The van der Waals surface area contributed by atoms with Crippen LogP contribution in [-0.4, -0.2) is 50.5 Å². The van der Waals surface area contributed by atoms with Gasteiger partial charge in [0, 0.05) is 29.5 Å². The largest absolute Gasteiger partial charge is 0.507 e. The fraction of sp³-hybridized carbons (Fsp3) is 0.238. The number of hydrogen-bond donors (Lipinski definition) is 4. The van der Waals surface area contributed by atoms with Crippen molar-refractivity contribution in [1.82, 2.24) is 0 Å². The molecule has 4 N–H and O–H groups in total. The normalized spacial score (nSPS) is 22.6. The minimum Gasteiger partial charge on any atom is -0.507 e. The Labute approximate surface area is 165 Å². The van der Waals surface area contributed by atoms with Gasteiger partial charge in [0.1, 0.15) is 22.8 Å².